The van der Waals surface area contributed by atoms with E-state index in [9.17, 15) is 4.57 Å². The first-order valence-electron chi connectivity index (χ1n) is 4.43. The van der Waals surface area contributed by atoms with Crippen molar-refractivity contribution in [1.29, 1.82) is 0 Å². The van der Waals surface area contributed by atoms with Gasteiger partial charge in [0.2, 0.25) is 0 Å². The second-order valence-electron chi connectivity index (χ2n) is 3.96. The minimum atomic E-state index is -2.18. The predicted octanol–water partition coefficient (Wildman–Crippen LogP) is 2.45. The summed E-state index contributed by atoms with van der Waals surface area (Å²) in [7, 11) is -2.18. The van der Waals surface area contributed by atoms with Gasteiger partial charge >= 0.3 is 0 Å². The fraction of sp³-hybridized carbons (Fsp3) is 0.500. The van der Waals surface area contributed by atoms with Crippen molar-refractivity contribution in [2.24, 2.45) is 0 Å². The summed E-state index contributed by atoms with van der Waals surface area (Å²) in [5.41, 5.74) is 1.91. The van der Waals surface area contributed by atoms with Crippen molar-refractivity contribution in [2.45, 2.75) is 19.8 Å². The molecule has 0 aliphatic carbocycles. The largest absolute Gasteiger partial charge is 0.318 e. The summed E-state index contributed by atoms with van der Waals surface area (Å²) in [4.78, 5) is 4.21. The van der Waals surface area contributed by atoms with Crippen LogP contribution in [0.25, 0.3) is 0 Å². The van der Waals surface area contributed by atoms with Crippen LogP contribution < -0.4 is 5.44 Å². The SMILES string of the molecule is CC(C)c1ccc(P(C)(C)=O)nc1. The summed E-state index contributed by atoms with van der Waals surface area (Å²) in [6.45, 7) is 7.72. The van der Waals surface area contributed by atoms with E-state index < -0.39 is 7.14 Å². The number of hydrogen-bond acceptors (Lipinski definition) is 2. The molecule has 0 bridgehead atoms. The lowest BCUT2D eigenvalue weighted by Crippen LogP contribution is -2.08. The predicted molar refractivity (Wildman–Crippen MR) is 57.4 cm³/mol. The second kappa shape index (κ2) is 3.63. The molecule has 0 saturated heterocycles. The molecule has 0 aliphatic heterocycles. The van der Waals surface area contributed by atoms with Gasteiger partial charge in [0.05, 0.1) is 5.44 Å². The van der Waals surface area contributed by atoms with E-state index in [2.05, 4.69) is 18.8 Å². The lowest BCUT2D eigenvalue weighted by molar-refractivity contribution is 0.587. The number of hydrogen-bond donors (Lipinski definition) is 0. The molecule has 0 fully saturated rings. The summed E-state index contributed by atoms with van der Waals surface area (Å²) in [5.74, 6) is 0.481. The Morgan fingerprint density at radius 3 is 2.23 bits per heavy atom. The lowest BCUT2D eigenvalue weighted by atomic mass is 10.1. The molecule has 0 spiro atoms. The van der Waals surface area contributed by atoms with E-state index in [1.54, 1.807) is 13.3 Å². The van der Waals surface area contributed by atoms with Crippen molar-refractivity contribution in [3.8, 4) is 0 Å². The van der Waals surface area contributed by atoms with Crippen molar-refractivity contribution < 1.29 is 4.57 Å². The van der Waals surface area contributed by atoms with Gasteiger partial charge in [0.25, 0.3) is 0 Å². The van der Waals surface area contributed by atoms with E-state index in [1.807, 2.05) is 18.3 Å². The van der Waals surface area contributed by atoms with Crippen LogP contribution in [0.1, 0.15) is 25.3 Å². The van der Waals surface area contributed by atoms with E-state index >= 15 is 0 Å². The molecule has 0 amide bonds. The van der Waals surface area contributed by atoms with Crippen LogP contribution in [0.4, 0.5) is 0 Å². The van der Waals surface area contributed by atoms with Crippen LogP contribution in [0.2, 0.25) is 0 Å². The highest BCUT2D eigenvalue weighted by molar-refractivity contribution is 7.69. The van der Waals surface area contributed by atoms with Gasteiger partial charge in [-0.1, -0.05) is 19.9 Å². The highest BCUT2D eigenvalue weighted by Crippen LogP contribution is 2.33. The number of pyridine rings is 1. The highest BCUT2D eigenvalue weighted by Gasteiger charge is 2.12. The standard InChI is InChI=1S/C10H16NOP/c1-8(2)9-5-6-10(11-7-9)13(3,4)12/h5-8H,1-4H3. The van der Waals surface area contributed by atoms with Crippen LogP contribution in [0, 0.1) is 0 Å². The maximum atomic E-state index is 11.6. The molecule has 0 aromatic carbocycles. The second-order valence-corrected chi connectivity index (χ2v) is 7.12. The van der Waals surface area contributed by atoms with Crippen molar-refractivity contribution in [3.05, 3.63) is 23.9 Å². The van der Waals surface area contributed by atoms with Crippen LogP contribution >= 0.6 is 7.14 Å². The average Bonchev–Trinajstić information content (AvgIpc) is 2.03. The third-order valence-corrected chi connectivity index (χ3v) is 3.36. The molecule has 1 rings (SSSR count). The van der Waals surface area contributed by atoms with Crippen LogP contribution in [0.5, 0.6) is 0 Å². The van der Waals surface area contributed by atoms with Gasteiger partial charge in [0, 0.05) is 6.20 Å². The molecule has 0 unspecified atom stereocenters. The summed E-state index contributed by atoms with van der Waals surface area (Å²) in [6, 6.07) is 3.88. The molecule has 0 N–H and O–H groups in total. The molecule has 1 aromatic rings. The first-order valence-corrected chi connectivity index (χ1v) is 7.03. The minimum Gasteiger partial charge on any atom is -0.318 e. The van der Waals surface area contributed by atoms with E-state index in [0.717, 1.165) is 5.44 Å². The Hall–Kier alpha value is -0.620. The van der Waals surface area contributed by atoms with Crippen LogP contribution in [0.15, 0.2) is 18.3 Å². The zero-order valence-electron chi connectivity index (χ0n) is 8.61. The monoisotopic (exact) mass is 197 g/mol. The first kappa shape index (κ1) is 10.5. The summed E-state index contributed by atoms with van der Waals surface area (Å²) < 4.78 is 11.6. The molecule has 3 heteroatoms. The van der Waals surface area contributed by atoms with Gasteiger partial charge in [-0.2, -0.15) is 0 Å². The van der Waals surface area contributed by atoms with Crippen molar-refractivity contribution in [2.75, 3.05) is 13.3 Å². The van der Waals surface area contributed by atoms with E-state index in [4.69, 9.17) is 0 Å². The van der Waals surface area contributed by atoms with Gasteiger partial charge in [0.15, 0.2) is 0 Å². The summed E-state index contributed by atoms with van der Waals surface area (Å²) in [6.07, 6.45) is 1.82. The molecule has 0 atom stereocenters. The Morgan fingerprint density at radius 2 is 1.92 bits per heavy atom. The molecule has 13 heavy (non-hydrogen) atoms. The van der Waals surface area contributed by atoms with Gasteiger partial charge in [-0.3, -0.25) is 4.98 Å². The Kier molecular flexibility index (Phi) is 2.92. The van der Waals surface area contributed by atoms with E-state index in [1.165, 1.54) is 5.56 Å². The summed E-state index contributed by atoms with van der Waals surface area (Å²) >= 11 is 0. The zero-order chi connectivity index (χ0) is 10.1. The Labute approximate surface area is 79.8 Å². The van der Waals surface area contributed by atoms with E-state index in [-0.39, 0.29) is 0 Å². The normalized spacial score (nSPS) is 12.1. The molecule has 1 aromatic heterocycles. The lowest BCUT2D eigenvalue weighted by Gasteiger charge is -2.08. The molecule has 72 valence electrons. The molecular formula is C10H16NOP. The molecule has 0 saturated carbocycles. The molecular weight excluding hydrogens is 181 g/mol. The molecule has 0 aliphatic rings. The Bertz CT molecular complexity index is 323. The quantitative estimate of drug-likeness (QED) is 0.681. The van der Waals surface area contributed by atoms with E-state index in [0.29, 0.717) is 5.92 Å². The topological polar surface area (TPSA) is 30.0 Å². The van der Waals surface area contributed by atoms with Crippen LogP contribution in [-0.4, -0.2) is 18.3 Å². The zero-order valence-corrected chi connectivity index (χ0v) is 9.51. The Balaban J connectivity index is 3.01. The Morgan fingerprint density at radius 1 is 1.31 bits per heavy atom. The third kappa shape index (κ3) is 2.67. The maximum Gasteiger partial charge on any atom is 0.127 e. The average molecular weight is 197 g/mol. The van der Waals surface area contributed by atoms with Gasteiger partial charge < -0.3 is 4.57 Å². The van der Waals surface area contributed by atoms with Crippen LogP contribution in [0.3, 0.4) is 0 Å². The fourth-order valence-corrected chi connectivity index (χ4v) is 1.83. The molecule has 1 heterocycles. The number of rotatable bonds is 2. The minimum absolute atomic E-state index is 0.481. The maximum absolute atomic E-state index is 11.6. The fourth-order valence-electron chi connectivity index (χ4n) is 1.06. The van der Waals surface area contributed by atoms with Gasteiger partial charge in [-0.05, 0) is 30.9 Å². The number of aromatic nitrogens is 1. The third-order valence-electron chi connectivity index (χ3n) is 1.99. The van der Waals surface area contributed by atoms with Crippen LogP contribution in [-0.2, 0) is 4.57 Å². The van der Waals surface area contributed by atoms with Crippen molar-refractivity contribution >= 4 is 12.6 Å². The van der Waals surface area contributed by atoms with Gasteiger partial charge in [0.1, 0.15) is 7.14 Å². The smallest absolute Gasteiger partial charge is 0.127 e. The molecule has 0 radical (unpaired) electrons. The van der Waals surface area contributed by atoms with Gasteiger partial charge in [-0.15, -0.1) is 0 Å². The van der Waals surface area contributed by atoms with Gasteiger partial charge in [-0.25, -0.2) is 0 Å². The highest BCUT2D eigenvalue weighted by atomic mass is 31.2. The van der Waals surface area contributed by atoms with Crippen molar-refractivity contribution in [3.63, 3.8) is 0 Å². The first-order chi connectivity index (χ1) is 5.91. The number of nitrogens with zero attached hydrogens (tertiary/aromatic N) is 1. The summed E-state index contributed by atoms with van der Waals surface area (Å²) in [5, 5.41) is 0. The molecule has 2 nitrogen and oxygen atoms in total. The van der Waals surface area contributed by atoms with Crippen molar-refractivity contribution in [1.82, 2.24) is 4.98 Å².